The van der Waals surface area contributed by atoms with Gasteiger partial charge in [-0.05, 0) is 23.8 Å². The van der Waals surface area contributed by atoms with Crippen molar-refractivity contribution in [3.63, 3.8) is 0 Å². The third-order valence-corrected chi connectivity index (χ3v) is 3.48. The highest BCUT2D eigenvalue weighted by Gasteiger charge is 2.11. The molecule has 0 atom stereocenters. The fraction of sp³-hybridized carbons (Fsp3) is 0.0833. The minimum absolute atomic E-state index is 0.0214. The van der Waals surface area contributed by atoms with Crippen LogP contribution in [0.25, 0.3) is 0 Å². The Bertz CT molecular complexity index is 672. The molecule has 104 valence electrons. The van der Waals surface area contributed by atoms with Crippen molar-refractivity contribution >= 4 is 27.9 Å². The van der Waals surface area contributed by atoms with E-state index < -0.39 is 16.6 Å². The number of rotatable bonds is 5. The van der Waals surface area contributed by atoms with Crippen LogP contribution in [-0.2, 0) is 6.54 Å². The summed E-state index contributed by atoms with van der Waals surface area (Å²) in [6, 6.07) is 5.14. The van der Waals surface area contributed by atoms with E-state index >= 15 is 0 Å². The summed E-state index contributed by atoms with van der Waals surface area (Å²) in [6.07, 6.45) is 0. The molecule has 20 heavy (non-hydrogen) atoms. The third-order valence-electron chi connectivity index (χ3n) is 2.55. The molecule has 1 heterocycles. The predicted molar refractivity (Wildman–Crippen MR) is 73.2 cm³/mol. The summed E-state index contributed by atoms with van der Waals surface area (Å²) >= 11 is 0.998. The first-order valence-corrected chi connectivity index (χ1v) is 6.40. The Hall–Kier alpha value is -2.48. The summed E-state index contributed by atoms with van der Waals surface area (Å²) in [5, 5.41) is 15.0. The van der Waals surface area contributed by atoms with E-state index in [0.29, 0.717) is 5.56 Å². The summed E-state index contributed by atoms with van der Waals surface area (Å²) in [7, 11) is 0. The van der Waals surface area contributed by atoms with Gasteiger partial charge >= 0.3 is 5.00 Å². The Labute approximate surface area is 117 Å². The molecule has 2 rings (SSSR count). The molecule has 0 spiro atoms. The number of anilines is 1. The second-order valence-corrected chi connectivity index (χ2v) is 4.85. The van der Waals surface area contributed by atoms with Crippen molar-refractivity contribution in [2.24, 2.45) is 5.73 Å². The smallest absolute Gasteiger partial charge is 0.324 e. The predicted octanol–water partition coefficient (Wildman–Crippen LogP) is 2.51. The van der Waals surface area contributed by atoms with Gasteiger partial charge < -0.3 is 11.1 Å². The quantitative estimate of drug-likeness (QED) is 0.654. The number of carbonyl (C=O) groups excluding carboxylic acids is 1. The van der Waals surface area contributed by atoms with E-state index in [9.17, 15) is 19.3 Å². The van der Waals surface area contributed by atoms with Gasteiger partial charge in [0.25, 0.3) is 0 Å². The minimum atomic E-state index is -0.653. The number of nitrogens with one attached hydrogen (secondary N) is 1. The highest BCUT2D eigenvalue weighted by molar-refractivity contribution is 7.13. The van der Waals surface area contributed by atoms with Crippen molar-refractivity contribution in [3.05, 3.63) is 56.7 Å². The zero-order valence-electron chi connectivity index (χ0n) is 10.1. The minimum Gasteiger partial charge on any atom is -0.379 e. The number of benzene rings is 1. The molecule has 0 bridgehead atoms. The van der Waals surface area contributed by atoms with Crippen LogP contribution >= 0.6 is 11.3 Å². The summed E-state index contributed by atoms with van der Waals surface area (Å²) < 4.78 is 13.5. The number of hydrogen-bond donors (Lipinski definition) is 2. The summed E-state index contributed by atoms with van der Waals surface area (Å²) in [5.41, 5.74) is 6.08. The number of nitrogens with zero attached hydrogens (tertiary/aromatic N) is 1. The maximum Gasteiger partial charge on any atom is 0.324 e. The highest BCUT2D eigenvalue weighted by Crippen LogP contribution is 2.24. The van der Waals surface area contributed by atoms with Crippen LogP contribution in [0.2, 0.25) is 0 Å². The lowest BCUT2D eigenvalue weighted by atomic mass is 10.2. The molecule has 0 aliphatic rings. The van der Waals surface area contributed by atoms with Gasteiger partial charge in [-0.15, -0.1) is 0 Å². The fourth-order valence-corrected chi connectivity index (χ4v) is 2.29. The van der Waals surface area contributed by atoms with E-state index in [-0.39, 0.29) is 22.8 Å². The van der Waals surface area contributed by atoms with E-state index in [2.05, 4.69) is 5.32 Å². The van der Waals surface area contributed by atoms with Crippen molar-refractivity contribution in [2.75, 3.05) is 5.32 Å². The lowest BCUT2D eigenvalue weighted by Gasteiger charge is -2.07. The number of primary amides is 1. The fourth-order valence-electron chi connectivity index (χ4n) is 1.56. The van der Waals surface area contributed by atoms with E-state index in [1.807, 2.05) is 0 Å². The van der Waals surface area contributed by atoms with Crippen molar-refractivity contribution in [1.82, 2.24) is 0 Å². The number of nitrogens with two attached hydrogens (primary N) is 1. The summed E-state index contributed by atoms with van der Waals surface area (Å²) in [5.74, 6) is -1.18. The largest absolute Gasteiger partial charge is 0.379 e. The van der Waals surface area contributed by atoms with Gasteiger partial charge in [0.15, 0.2) is 0 Å². The molecule has 1 amide bonds. The first kappa shape index (κ1) is 13.9. The van der Waals surface area contributed by atoms with Gasteiger partial charge in [0.1, 0.15) is 5.82 Å². The van der Waals surface area contributed by atoms with Gasteiger partial charge in [0.05, 0.1) is 10.6 Å². The zero-order valence-corrected chi connectivity index (χ0v) is 10.9. The molecule has 6 nitrogen and oxygen atoms in total. The van der Waals surface area contributed by atoms with Crippen molar-refractivity contribution in [1.29, 1.82) is 0 Å². The Kier molecular flexibility index (Phi) is 3.94. The average Bonchev–Trinajstić information content (AvgIpc) is 2.86. The van der Waals surface area contributed by atoms with Gasteiger partial charge in [-0.3, -0.25) is 14.9 Å². The zero-order chi connectivity index (χ0) is 14.7. The molecule has 0 aliphatic heterocycles. The molecule has 0 fully saturated rings. The van der Waals surface area contributed by atoms with E-state index in [1.54, 1.807) is 5.38 Å². The van der Waals surface area contributed by atoms with Crippen LogP contribution in [-0.4, -0.2) is 10.8 Å². The molecule has 3 N–H and O–H groups in total. The van der Waals surface area contributed by atoms with Gasteiger partial charge in [-0.2, -0.15) is 0 Å². The van der Waals surface area contributed by atoms with Crippen LogP contribution in [0.4, 0.5) is 15.1 Å². The first-order chi connectivity index (χ1) is 9.47. The number of thiophene rings is 1. The van der Waals surface area contributed by atoms with Crippen LogP contribution in [0, 0.1) is 15.9 Å². The molecule has 8 heteroatoms. The molecule has 1 aromatic heterocycles. The van der Waals surface area contributed by atoms with E-state index in [4.69, 9.17) is 5.73 Å². The maximum atomic E-state index is 13.5. The normalized spacial score (nSPS) is 10.2. The van der Waals surface area contributed by atoms with Gasteiger partial charge in [-0.1, -0.05) is 11.3 Å². The number of hydrogen-bond acceptors (Lipinski definition) is 5. The molecule has 2 aromatic rings. The standard InChI is InChI=1S/C12H10FN3O3S/c13-9-2-1-8(12(14)17)4-10(9)15-5-7-3-11(16(18)19)20-6-7/h1-4,6,15H,5H2,(H2,14,17). The Morgan fingerprint density at radius 1 is 1.45 bits per heavy atom. The molecule has 0 saturated carbocycles. The SMILES string of the molecule is NC(=O)c1ccc(F)c(NCc2csc([N+](=O)[O-])c2)c1. The number of nitro groups is 1. The topological polar surface area (TPSA) is 98.3 Å². The summed E-state index contributed by atoms with van der Waals surface area (Å²) in [6.45, 7) is 0.212. The molecular weight excluding hydrogens is 285 g/mol. The Balaban J connectivity index is 2.11. The second kappa shape index (κ2) is 5.66. The van der Waals surface area contributed by atoms with Crippen LogP contribution in [0.1, 0.15) is 15.9 Å². The lowest BCUT2D eigenvalue weighted by Crippen LogP contribution is -2.12. The number of amides is 1. The van der Waals surface area contributed by atoms with Gasteiger partial charge in [-0.25, -0.2) is 4.39 Å². The van der Waals surface area contributed by atoms with Crippen molar-refractivity contribution < 1.29 is 14.1 Å². The average molecular weight is 295 g/mol. The third kappa shape index (κ3) is 3.09. The summed E-state index contributed by atoms with van der Waals surface area (Å²) in [4.78, 5) is 21.1. The van der Waals surface area contributed by atoms with Crippen LogP contribution in [0.3, 0.4) is 0 Å². The highest BCUT2D eigenvalue weighted by atomic mass is 32.1. The molecule has 0 radical (unpaired) electrons. The van der Waals surface area contributed by atoms with Crippen molar-refractivity contribution in [3.8, 4) is 0 Å². The van der Waals surface area contributed by atoms with Gasteiger partial charge in [0.2, 0.25) is 5.91 Å². The van der Waals surface area contributed by atoms with E-state index in [0.717, 1.165) is 17.4 Å². The monoisotopic (exact) mass is 295 g/mol. The Morgan fingerprint density at radius 2 is 2.20 bits per heavy atom. The van der Waals surface area contributed by atoms with E-state index in [1.165, 1.54) is 18.2 Å². The number of carbonyl (C=O) groups is 1. The second-order valence-electron chi connectivity index (χ2n) is 3.96. The van der Waals surface area contributed by atoms with Crippen LogP contribution in [0.5, 0.6) is 0 Å². The van der Waals surface area contributed by atoms with Gasteiger partial charge in [0, 0.05) is 23.6 Å². The molecule has 0 saturated heterocycles. The number of halogens is 1. The van der Waals surface area contributed by atoms with Crippen LogP contribution in [0.15, 0.2) is 29.6 Å². The molecule has 1 aromatic carbocycles. The Morgan fingerprint density at radius 3 is 2.80 bits per heavy atom. The maximum absolute atomic E-state index is 13.5. The molecule has 0 aliphatic carbocycles. The molecular formula is C12H10FN3O3S. The lowest BCUT2D eigenvalue weighted by molar-refractivity contribution is -0.380. The molecule has 0 unspecified atom stereocenters. The van der Waals surface area contributed by atoms with Crippen LogP contribution < -0.4 is 11.1 Å². The first-order valence-electron chi connectivity index (χ1n) is 5.52. The van der Waals surface area contributed by atoms with Crippen molar-refractivity contribution in [2.45, 2.75) is 6.54 Å².